The summed E-state index contributed by atoms with van der Waals surface area (Å²) in [4.78, 5) is 12.1. The number of hydrogen-bond donors (Lipinski definition) is 1. The van der Waals surface area contributed by atoms with Crippen molar-refractivity contribution in [2.24, 2.45) is 5.92 Å². The topological polar surface area (TPSA) is 37.3 Å². The Labute approximate surface area is 144 Å². The fourth-order valence-corrected chi connectivity index (χ4v) is 4.11. The second kappa shape index (κ2) is 7.65. The van der Waals surface area contributed by atoms with Crippen molar-refractivity contribution < 1.29 is 9.90 Å². The molecule has 0 bridgehead atoms. The van der Waals surface area contributed by atoms with Gasteiger partial charge in [-0.3, -0.25) is 4.79 Å². The summed E-state index contributed by atoms with van der Waals surface area (Å²) in [7, 11) is 0. The summed E-state index contributed by atoms with van der Waals surface area (Å²) >= 11 is 0. The number of carbonyl (C=O) groups excluding carboxylic acids is 1. The summed E-state index contributed by atoms with van der Waals surface area (Å²) in [6.07, 6.45) is 4.63. The van der Waals surface area contributed by atoms with Crippen LogP contribution in [0.2, 0.25) is 0 Å². The molecule has 0 radical (unpaired) electrons. The van der Waals surface area contributed by atoms with Crippen LogP contribution in [0.5, 0.6) is 5.75 Å². The van der Waals surface area contributed by atoms with E-state index in [1.165, 1.54) is 11.1 Å². The molecule has 3 atom stereocenters. The standard InChI is InChI=1S/C22H26O2/c1-2-20(23)15-19-14-18(16-8-11-21(24)12-9-16)10-13-22(19)17-6-4-3-5-7-17/h3-9,11-12,18-19,22,24H,2,10,13-15H2,1H3. The van der Waals surface area contributed by atoms with Gasteiger partial charge in [0.05, 0.1) is 0 Å². The third-order valence-electron chi connectivity index (χ3n) is 5.46. The lowest BCUT2D eigenvalue weighted by Gasteiger charge is -2.36. The van der Waals surface area contributed by atoms with E-state index in [0.717, 1.165) is 19.3 Å². The lowest BCUT2D eigenvalue weighted by molar-refractivity contribution is -0.120. The van der Waals surface area contributed by atoms with Crippen molar-refractivity contribution in [1.82, 2.24) is 0 Å². The third-order valence-corrected chi connectivity index (χ3v) is 5.46. The maximum Gasteiger partial charge on any atom is 0.132 e. The Balaban J connectivity index is 1.80. The van der Waals surface area contributed by atoms with Crippen LogP contribution < -0.4 is 0 Å². The fraction of sp³-hybridized carbons (Fsp3) is 0.409. The quantitative estimate of drug-likeness (QED) is 0.797. The first kappa shape index (κ1) is 16.8. The maximum atomic E-state index is 12.1. The van der Waals surface area contributed by atoms with E-state index >= 15 is 0 Å². The zero-order chi connectivity index (χ0) is 16.9. The highest BCUT2D eigenvalue weighted by atomic mass is 16.3. The highest BCUT2D eigenvalue weighted by Gasteiger charge is 2.33. The van der Waals surface area contributed by atoms with E-state index in [2.05, 4.69) is 30.3 Å². The van der Waals surface area contributed by atoms with Crippen LogP contribution in [0.15, 0.2) is 54.6 Å². The molecule has 0 spiro atoms. The molecule has 0 amide bonds. The van der Waals surface area contributed by atoms with Crippen molar-refractivity contribution in [3.8, 4) is 5.75 Å². The SMILES string of the molecule is CCC(=O)CC1CC(c2ccc(O)cc2)CCC1c1ccccc1. The smallest absolute Gasteiger partial charge is 0.132 e. The van der Waals surface area contributed by atoms with Gasteiger partial charge in [0, 0.05) is 12.8 Å². The van der Waals surface area contributed by atoms with Crippen LogP contribution in [0.25, 0.3) is 0 Å². The van der Waals surface area contributed by atoms with Gasteiger partial charge in [-0.1, -0.05) is 49.4 Å². The summed E-state index contributed by atoms with van der Waals surface area (Å²) < 4.78 is 0. The lowest BCUT2D eigenvalue weighted by atomic mass is 9.68. The second-order valence-corrected chi connectivity index (χ2v) is 6.98. The molecule has 0 saturated heterocycles. The Bertz CT molecular complexity index is 660. The first-order valence-corrected chi connectivity index (χ1v) is 9.03. The molecule has 1 fully saturated rings. The van der Waals surface area contributed by atoms with Crippen LogP contribution in [0, 0.1) is 5.92 Å². The van der Waals surface area contributed by atoms with Gasteiger partial charge < -0.3 is 5.11 Å². The molecule has 24 heavy (non-hydrogen) atoms. The summed E-state index contributed by atoms with van der Waals surface area (Å²) in [5.74, 6) is 2.06. The molecule has 0 aliphatic heterocycles. The molecule has 2 aromatic rings. The summed E-state index contributed by atoms with van der Waals surface area (Å²) in [5.41, 5.74) is 2.66. The Morgan fingerprint density at radius 3 is 2.38 bits per heavy atom. The predicted octanol–water partition coefficient (Wildman–Crippen LogP) is 5.43. The van der Waals surface area contributed by atoms with Gasteiger partial charge in [-0.2, -0.15) is 0 Å². The Morgan fingerprint density at radius 1 is 1.00 bits per heavy atom. The van der Waals surface area contributed by atoms with Crippen molar-refractivity contribution >= 4 is 5.78 Å². The van der Waals surface area contributed by atoms with Gasteiger partial charge in [0.15, 0.2) is 0 Å². The van der Waals surface area contributed by atoms with Gasteiger partial charge in [0.25, 0.3) is 0 Å². The molecule has 3 rings (SSSR count). The van der Waals surface area contributed by atoms with Gasteiger partial charge in [-0.25, -0.2) is 0 Å². The Hall–Kier alpha value is -2.09. The molecule has 1 aliphatic rings. The number of phenols is 1. The number of aromatic hydroxyl groups is 1. The normalized spacial score (nSPS) is 23.8. The fourth-order valence-electron chi connectivity index (χ4n) is 4.11. The number of Topliss-reactive ketones (excluding diaryl/α,β-unsaturated/α-hetero) is 1. The van der Waals surface area contributed by atoms with Crippen LogP contribution >= 0.6 is 0 Å². The maximum absolute atomic E-state index is 12.1. The zero-order valence-electron chi connectivity index (χ0n) is 14.3. The number of rotatable bonds is 5. The molecule has 1 saturated carbocycles. The number of carbonyl (C=O) groups is 1. The molecule has 0 heterocycles. The number of ketones is 1. The molecule has 2 nitrogen and oxygen atoms in total. The molecule has 2 aromatic carbocycles. The zero-order valence-corrected chi connectivity index (χ0v) is 14.3. The van der Waals surface area contributed by atoms with E-state index in [1.807, 2.05) is 19.1 Å². The third kappa shape index (κ3) is 3.87. The van der Waals surface area contributed by atoms with Crippen molar-refractivity contribution in [3.63, 3.8) is 0 Å². The summed E-state index contributed by atoms with van der Waals surface area (Å²) in [6, 6.07) is 18.3. The second-order valence-electron chi connectivity index (χ2n) is 6.98. The van der Waals surface area contributed by atoms with E-state index < -0.39 is 0 Å². The highest BCUT2D eigenvalue weighted by Crippen LogP contribution is 2.46. The van der Waals surface area contributed by atoms with Crippen molar-refractivity contribution in [2.45, 2.75) is 50.9 Å². The van der Waals surface area contributed by atoms with Crippen LogP contribution in [-0.4, -0.2) is 10.9 Å². The summed E-state index contributed by atoms with van der Waals surface area (Å²) in [6.45, 7) is 1.96. The van der Waals surface area contributed by atoms with Crippen LogP contribution in [0.1, 0.15) is 62.0 Å². The number of phenolic OH excluding ortho intramolecular Hbond substituents is 1. The van der Waals surface area contributed by atoms with E-state index in [1.54, 1.807) is 12.1 Å². The minimum absolute atomic E-state index is 0.314. The van der Waals surface area contributed by atoms with Crippen LogP contribution in [0.3, 0.4) is 0 Å². The highest BCUT2D eigenvalue weighted by molar-refractivity contribution is 5.78. The molecule has 126 valence electrons. The monoisotopic (exact) mass is 322 g/mol. The molecular weight excluding hydrogens is 296 g/mol. The van der Waals surface area contributed by atoms with Gasteiger partial charge in [-0.15, -0.1) is 0 Å². The van der Waals surface area contributed by atoms with E-state index in [4.69, 9.17) is 0 Å². The molecule has 2 heteroatoms. The average molecular weight is 322 g/mol. The van der Waals surface area contributed by atoms with Crippen LogP contribution in [-0.2, 0) is 4.79 Å². The first-order valence-electron chi connectivity index (χ1n) is 9.03. The van der Waals surface area contributed by atoms with Gasteiger partial charge >= 0.3 is 0 Å². The Morgan fingerprint density at radius 2 is 1.71 bits per heavy atom. The predicted molar refractivity (Wildman–Crippen MR) is 97.3 cm³/mol. The largest absolute Gasteiger partial charge is 0.508 e. The van der Waals surface area contributed by atoms with Gasteiger partial charge in [0.2, 0.25) is 0 Å². The molecule has 0 aromatic heterocycles. The van der Waals surface area contributed by atoms with Crippen molar-refractivity contribution in [1.29, 1.82) is 0 Å². The lowest BCUT2D eigenvalue weighted by Crippen LogP contribution is -2.25. The van der Waals surface area contributed by atoms with E-state index in [-0.39, 0.29) is 0 Å². The number of benzene rings is 2. The Kier molecular flexibility index (Phi) is 5.34. The minimum Gasteiger partial charge on any atom is -0.508 e. The minimum atomic E-state index is 0.314. The number of hydrogen-bond acceptors (Lipinski definition) is 2. The molecular formula is C22H26O2. The molecule has 1 aliphatic carbocycles. The van der Waals surface area contributed by atoms with E-state index in [9.17, 15) is 9.90 Å². The molecule has 1 N–H and O–H groups in total. The average Bonchev–Trinajstić information content (AvgIpc) is 2.63. The van der Waals surface area contributed by atoms with E-state index in [0.29, 0.717) is 42.1 Å². The first-order chi connectivity index (χ1) is 11.7. The molecule has 3 unspecified atom stereocenters. The van der Waals surface area contributed by atoms with Crippen molar-refractivity contribution in [3.05, 3.63) is 65.7 Å². The summed E-state index contributed by atoms with van der Waals surface area (Å²) in [5, 5.41) is 9.50. The van der Waals surface area contributed by atoms with Gasteiger partial charge in [0.1, 0.15) is 11.5 Å². The van der Waals surface area contributed by atoms with Gasteiger partial charge in [-0.05, 0) is 60.3 Å². The van der Waals surface area contributed by atoms with Crippen LogP contribution in [0.4, 0.5) is 0 Å². The van der Waals surface area contributed by atoms with Crippen molar-refractivity contribution in [2.75, 3.05) is 0 Å².